The molecule has 27 heavy (non-hydrogen) atoms. The van der Waals surface area contributed by atoms with Crippen molar-refractivity contribution >= 4 is 45.3 Å². The lowest BCUT2D eigenvalue weighted by molar-refractivity contribution is 0.819. The highest BCUT2D eigenvalue weighted by molar-refractivity contribution is 14.1. The lowest BCUT2D eigenvalue weighted by Gasteiger charge is -2.13. The summed E-state index contributed by atoms with van der Waals surface area (Å²) in [5.74, 6) is 0.860. The van der Waals surface area contributed by atoms with Gasteiger partial charge < -0.3 is 0 Å². The van der Waals surface area contributed by atoms with E-state index in [4.69, 9.17) is 4.98 Å². The molecule has 0 saturated heterocycles. The second-order valence-corrected chi connectivity index (χ2v) is 8.42. The number of thioether (sulfide) groups is 1. The first kappa shape index (κ1) is 18.3. The Morgan fingerprint density at radius 3 is 2.37 bits per heavy atom. The number of benzene rings is 3. The summed E-state index contributed by atoms with van der Waals surface area (Å²) < 4.78 is 2.76. The fourth-order valence-electron chi connectivity index (χ4n) is 2.94. The van der Waals surface area contributed by atoms with Crippen LogP contribution in [-0.4, -0.2) is 15.3 Å². The predicted molar refractivity (Wildman–Crippen MR) is 121 cm³/mol. The number of nitrogens with zero attached hydrogens (tertiary/aromatic N) is 2. The molecule has 0 aliphatic heterocycles. The number of fused-ring (bicyclic) bond motifs is 1. The molecule has 4 rings (SSSR count). The summed E-state index contributed by atoms with van der Waals surface area (Å²) in [4.78, 5) is 18.0. The Kier molecular flexibility index (Phi) is 5.59. The topological polar surface area (TPSA) is 34.9 Å². The summed E-state index contributed by atoms with van der Waals surface area (Å²) >= 11 is 3.85. The first-order valence-corrected chi connectivity index (χ1v) is 10.7. The Bertz CT molecular complexity index is 1130. The number of halogens is 1. The standard InChI is InChI=1S/C22H17IN2OS/c23-17-11-12-20-19(15-17)21(26)25(18-9-5-2-6-10-18)22(24-20)27-14-13-16-7-3-1-4-8-16/h1-12,15H,13-14H2. The molecule has 0 unspecified atom stereocenters. The lowest BCUT2D eigenvalue weighted by atomic mass is 10.2. The summed E-state index contributed by atoms with van der Waals surface area (Å²) in [6, 6.07) is 25.9. The minimum atomic E-state index is -0.0214. The average Bonchev–Trinajstić information content (AvgIpc) is 2.70. The van der Waals surface area contributed by atoms with Crippen LogP contribution in [0.1, 0.15) is 5.56 Å². The largest absolute Gasteiger partial charge is 0.268 e. The molecule has 3 aromatic carbocycles. The lowest BCUT2D eigenvalue weighted by Crippen LogP contribution is -2.22. The first-order chi connectivity index (χ1) is 13.2. The molecule has 4 aromatic rings. The number of hydrogen-bond acceptors (Lipinski definition) is 3. The number of aromatic nitrogens is 2. The number of rotatable bonds is 5. The van der Waals surface area contributed by atoms with Crippen molar-refractivity contribution < 1.29 is 0 Å². The fraction of sp³-hybridized carbons (Fsp3) is 0.0909. The Hall–Kier alpha value is -2.12. The molecule has 0 spiro atoms. The van der Waals surface area contributed by atoms with E-state index < -0.39 is 0 Å². The predicted octanol–water partition coefficient (Wildman–Crippen LogP) is 5.33. The van der Waals surface area contributed by atoms with Gasteiger partial charge in [-0.3, -0.25) is 9.36 Å². The molecule has 1 aromatic heterocycles. The van der Waals surface area contributed by atoms with Crippen LogP contribution in [0.25, 0.3) is 16.6 Å². The average molecular weight is 484 g/mol. The van der Waals surface area contributed by atoms with E-state index in [9.17, 15) is 4.79 Å². The Balaban J connectivity index is 1.76. The van der Waals surface area contributed by atoms with Crippen LogP contribution in [-0.2, 0) is 6.42 Å². The maximum absolute atomic E-state index is 13.2. The van der Waals surface area contributed by atoms with E-state index in [0.717, 1.165) is 32.1 Å². The summed E-state index contributed by atoms with van der Waals surface area (Å²) in [5.41, 5.74) is 2.86. The van der Waals surface area contributed by atoms with Crippen LogP contribution in [0.5, 0.6) is 0 Å². The molecule has 3 nitrogen and oxygen atoms in total. The van der Waals surface area contributed by atoms with Crippen LogP contribution in [0.4, 0.5) is 0 Å². The molecule has 0 aliphatic carbocycles. The molecule has 134 valence electrons. The van der Waals surface area contributed by atoms with E-state index in [0.29, 0.717) is 5.39 Å². The molecule has 0 radical (unpaired) electrons. The van der Waals surface area contributed by atoms with E-state index in [1.54, 1.807) is 16.3 Å². The SMILES string of the molecule is O=c1c2cc(I)ccc2nc(SCCc2ccccc2)n1-c1ccccc1. The second kappa shape index (κ2) is 8.27. The third-order valence-electron chi connectivity index (χ3n) is 4.28. The zero-order valence-electron chi connectivity index (χ0n) is 14.5. The first-order valence-electron chi connectivity index (χ1n) is 8.67. The van der Waals surface area contributed by atoms with E-state index in [-0.39, 0.29) is 5.56 Å². The zero-order chi connectivity index (χ0) is 18.6. The van der Waals surface area contributed by atoms with Crippen LogP contribution >= 0.6 is 34.4 Å². The highest BCUT2D eigenvalue weighted by Gasteiger charge is 2.13. The van der Waals surface area contributed by atoms with Crippen molar-refractivity contribution in [3.8, 4) is 5.69 Å². The summed E-state index contributed by atoms with van der Waals surface area (Å²) in [7, 11) is 0. The Labute approximate surface area is 175 Å². The highest BCUT2D eigenvalue weighted by atomic mass is 127. The molecular formula is C22H17IN2OS. The van der Waals surface area contributed by atoms with E-state index in [1.807, 2.05) is 54.6 Å². The van der Waals surface area contributed by atoms with Crippen molar-refractivity contribution in [3.05, 3.63) is 98.4 Å². The van der Waals surface area contributed by atoms with Crippen molar-refractivity contribution in [3.63, 3.8) is 0 Å². The Morgan fingerprint density at radius 2 is 1.63 bits per heavy atom. The van der Waals surface area contributed by atoms with Crippen LogP contribution in [0.3, 0.4) is 0 Å². The highest BCUT2D eigenvalue weighted by Crippen LogP contribution is 2.23. The van der Waals surface area contributed by atoms with Crippen molar-refractivity contribution in [1.82, 2.24) is 9.55 Å². The van der Waals surface area contributed by atoms with Gasteiger partial charge in [0.05, 0.1) is 16.6 Å². The van der Waals surface area contributed by atoms with Crippen LogP contribution < -0.4 is 5.56 Å². The second-order valence-electron chi connectivity index (χ2n) is 6.12. The molecular weight excluding hydrogens is 467 g/mol. The molecule has 5 heteroatoms. The van der Waals surface area contributed by atoms with Gasteiger partial charge in [-0.15, -0.1) is 0 Å². The molecule has 0 amide bonds. The molecule has 0 N–H and O–H groups in total. The van der Waals surface area contributed by atoms with Gasteiger partial charge in [-0.2, -0.15) is 0 Å². The van der Waals surface area contributed by atoms with Gasteiger partial charge in [0, 0.05) is 9.32 Å². The summed E-state index contributed by atoms with van der Waals surface area (Å²) in [5, 5.41) is 1.38. The normalized spacial score (nSPS) is 11.0. The molecule has 0 aliphatic rings. The smallest absolute Gasteiger partial charge is 0.266 e. The van der Waals surface area contributed by atoms with Crippen molar-refractivity contribution in [2.75, 3.05) is 5.75 Å². The minimum Gasteiger partial charge on any atom is -0.268 e. The van der Waals surface area contributed by atoms with Crippen LogP contribution in [0.2, 0.25) is 0 Å². The van der Waals surface area contributed by atoms with E-state index >= 15 is 0 Å². The number of hydrogen-bond donors (Lipinski definition) is 0. The molecule has 1 heterocycles. The molecule has 0 bridgehead atoms. The molecule has 0 atom stereocenters. The van der Waals surface area contributed by atoms with Gasteiger partial charge in [0.15, 0.2) is 5.16 Å². The van der Waals surface area contributed by atoms with Gasteiger partial charge in [-0.1, -0.05) is 60.3 Å². The van der Waals surface area contributed by atoms with Gasteiger partial charge in [0.2, 0.25) is 0 Å². The number of para-hydroxylation sites is 1. The van der Waals surface area contributed by atoms with Gasteiger partial charge >= 0.3 is 0 Å². The summed E-state index contributed by atoms with van der Waals surface area (Å²) in [6.45, 7) is 0. The maximum atomic E-state index is 13.2. The minimum absolute atomic E-state index is 0.0214. The van der Waals surface area contributed by atoms with Crippen LogP contribution in [0.15, 0.2) is 88.8 Å². The van der Waals surface area contributed by atoms with Crippen molar-refractivity contribution in [1.29, 1.82) is 0 Å². The Morgan fingerprint density at radius 1 is 0.926 bits per heavy atom. The van der Waals surface area contributed by atoms with Crippen molar-refractivity contribution in [2.45, 2.75) is 11.6 Å². The van der Waals surface area contributed by atoms with Gasteiger partial charge in [-0.25, -0.2) is 4.98 Å². The number of aryl methyl sites for hydroxylation is 1. The maximum Gasteiger partial charge on any atom is 0.266 e. The van der Waals surface area contributed by atoms with Crippen LogP contribution in [0, 0.1) is 3.57 Å². The van der Waals surface area contributed by atoms with E-state index in [2.05, 4.69) is 46.9 Å². The monoisotopic (exact) mass is 484 g/mol. The fourth-order valence-corrected chi connectivity index (χ4v) is 4.44. The molecule has 0 fully saturated rings. The quantitative estimate of drug-likeness (QED) is 0.218. The summed E-state index contributed by atoms with van der Waals surface area (Å²) in [6.07, 6.45) is 0.931. The third kappa shape index (κ3) is 4.09. The van der Waals surface area contributed by atoms with Gasteiger partial charge in [0.1, 0.15) is 0 Å². The van der Waals surface area contributed by atoms with Gasteiger partial charge in [-0.05, 0) is 64.9 Å². The molecule has 0 saturated carbocycles. The third-order valence-corrected chi connectivity index (χ3v) is 5.89. The zero-order valence-corrected chi connectivity index (χ0v) is 17.5. The van der Waals surface area contributed by atoms with Gasteiger partial charge in [0.25, 0.3) is 5.56 Å². The van der Waals surface area contributed by atoms with Crippen molar-refractivity contribution in [2.24, 2.45) is 0 Å². The van der Waals surface area contributed by atoms with E-state index in [1.165, 1.54) is 5.56 Å².